The highest BCUT2D eigenvalue weighted by Crippen LogP contribution is 2.13. The fourth-order valence-electron chi connectivity index (χ4n) is 2.10. The third kappa shape index (κ3) is 1.02. The molecule has 0 saturated carbocycles. The number of pyridine rings is 1. The normalized spacial score (nSPS) is 13.6. The number of nitrogens with zero attached hydrogens (tertiary/aromatic N) is 3. The Balaban J connectivity index is 2.57. The molecule has 2 aromatic heterocycles. The van der Waals surface area contributed by atoms with Crippen LogP contribution in [0.4, 0.5) is 0 Å². The van der Waals surface area contributed by atoms with Crippen LogP contribution in [-0.2, 0) is 19.7 Å². The van der Waals surface area contributed by atoms with Gasteiger partial charge in [0.2, 0.25) is 0 Å². The highest BCUT2D eigenvalue weighted by atomic mass is 16.3. The molecule has 3 heterocycles. The lowest BCUT2D eigenvalue weighted by Gasteiger charge is -2.04. The van der Waals surface area contributed by atoms with Crippen LogP contribution in [0.2, 0.25) is 0 Å². The molecule has 16 heavy (non-hydrogen) atoms. The van der Waals surface area contributed by atoms with Crippen LogP contribution < -0.4 is 11.1 Å². The third-order valence-electron chi connectivity index (χ3n) is 2.83. The molecule has 0 spiro atoms. The summed E-state index contributed by atoms with van der Waals surface area (Å²) in [5.41, 5.74) is 0.804. The SMILES string of the molecule is O=c1ccc2nc(CO)c(=O)n3c2n1CC3. The molecule has 0 amide bonds. The maximum atomic E-state index is 11.8. The molecule has 1 N–H and O–H groups in total. The van der Waals surface area contributed by atoms with E-state index in [9.17, 15) is 9.59 Å². The Kier molecular flexibility index (Phi) is 1.75. The first-order chi connectivity index (χ1) is 7.72. The van der Waals surface area contributed by atoms with Gasteiger partial charge >= 0.3 is 0 Å². The molecule has 6 heteroatoms. The first kappa shape index (κ1) is 9.29. The van der Waals surface area contributed by atoms with E-state index in [4.69, 9.17) is 5.11 Å². The zero-order valence-corrected chi connectivity index (χ0v) is 8.38. The van der Waals surface area contributed by atoms with Gasteiger partial charge in [0.1, 0.15) is 16.9 Å². The summed E-state index contributed by atoms with van der Waals surface area (Å²) in [5.74, 6) is 0. The highest BCUT2D eigenvalue weighted by Gasteiger charge is 2.19. The molecule has 0 radical (unpaired) electrons. The Labute approximate surface area is 89.4 Å². The van der Waals surface area contributed by atoms with Gasteiger partial charge in [0.25, 0.3) is 11.1 Å². The average Bonchev–Trinajstić information content (AvgIpc) is 2.73. The fraction of sp³-hybridized carbons (Fsp3) is 0.300. The lowest BCUT2D eigenvalue weighted by Crippen LogP contribution is -2.24. The molecule has 0 fully saturated rings. The van der Waals surface area contributed by atoms with Gasteiger partial charge in [-0.3, -0.25) is 18.7 Å². The summed E-state index contributed by atoms with van der Waals surface area (Å²) in [5, 5.41) is 9.03. The zero-order chi connectivity index (χ0) is 11.3. The molecule has 0 saturated heterocycles. The zero-order valence-electron chi connectivity index (χ0n) is 8.38. The van der Waals surface area contributed by atoms with Crippen LogP contribution in [0, 0.1) is 0 Å². The molecule has 0 unspecified atom stereocenters. The smallest absolute Gasteiger partial charge is 0.276 e. The summed E-state index contributed by atoms with van der Waals surface area (Å²) in [4.78, 5) is 27.4. The van der Waals surface area contributed by atoms with E-state index < -0.39 is 0 Å². The van der Waals surface area contributed by atoms with Gasteiger partial charge in [0.15, 0.2) is 0 Å². The van der Waals surface area contributed by atoms with E-state index in [2.05, 4.69) is 4.98 Å². The summed E-state index contributed by atoms with van der Waals surface area (Å²) in [6.45, 7) is 0.569. The Morgan fingerprint density at radius 2 is 2.00 bits per heavy atom. The van der Waals surface area contributed by atoms with E-state index in [1.54, 1.807) is 6.07 Å². The Morgan fingerprint density at radius 1 is 1.25 bits per heavy atom. The van der Waals surface area contributed by atoms with Crippen LogP contribution in [0.3, 0.4) is 0 Å². The van der Waals surface area contributed by atoms with Crippen molar-refractivity contribution in [2.75, 3.05) is 0 Å². The van der Waals surface area contributed by atoms with Crippen molar-refractivity contribution < 1.29 is 5.11 Å². The van der Waals surface area contributed by atoms with Gasteiger partial charge in [-0.25, -0.2) is 4.98 Å². The lowest BCUT2D eigenvalue weighted by molar-refractivity contribution is 0.274. The van der Waals surface area contributed by atoms with Gasteiger partial charge < -0.3 is 5.11 Å². The van der Waals surface area contributed by atoms with Gasteiger partial charge in [-0.15, -0.1) is 0 Å². The van der Waals surface area contributed by atoms with Crippen molar-refractivity contribution in [3.63, 3.8) is 0 Å². The molecule has 2 aromatic rings. The molecule has 1 aliphatic heterocycles. The van der Waals surface area contributed by atoms with Crippen LogP contribution in [0.15, 0.2) is 21.7 Å². The van der Waals surface area contributed by atoms with Gasteiger partial charge in [-0.05, 0) is 6.07 Å². The lowest BCUT2D eigenvalue weighted by atomic mass is 10.3. The summed E-state index contributed by atoms with van der Waals surface area (Å²) in [6, 6.07) is 3.01. The molecule has 1 aliphatic rings. The Hall–Kier alpha value is -1.95. The maximum Gasteiger partial charge on any atom is 0.276 e. The van der Waals surface area contributed by atoms with E-state index in [1.807, 2.05) is 0 Å². The van der Waals surface area contributed by atoms with E-state index in [0.29, 0.717) is 24.3 Å². The van der Waals surface area contributed by atoms with Crippen molar-refractivity contribution in [1.29, 1.82) is 0 Å². The maximum absolute atomic E-state index is 11.8. The van der Waals surface area contributed by atoms with E-state index >= 15 is 0 Å². The van der Waals surface area contributed by atoms with Crippen LogP contribution in [0.25, 0.3) is 11.2 Å². The van der Waals surface area contributed by atoms with Gasteiger partial charge in [-0.2, -0.15) is 0 Å². The summed E-state index contributed by atoms with van der Waals surface area (Å²) in [7, 11) is 0. The number of aliphatic hydroxyl groups is 1. The summed E-state index contributed by atoms with van der Waals surface area (Å²) >= 11 is 0. The quantitative estimate of drug-likeness (QED) is 0.671. The number of aromatic nitrogens is 3. The predicted molar refractivity (Wildman–Crippen MR) is 56.2 cm³/mol. The summed E-state index contributed by atoms with van der Waals surface area (Å²) in [6.07, 6.45) is 0. The third-order valence-corrected chi connectivity index (χ3v) is 2.83. The highest BCUT2D eigenvalue weighted by molar-refractivity contribution is 5.71. The number of aryl methyl sites for hydroxylation is 2. The summed E-state index contributed by atoms with van der Waals surface area (Å²) < 4.78 is 3.03. The van der Waals surface area contributed by atoms with Gasteiger partial charge in [-0.1, -0.05) is 0 Å². The van der Waals surface area contributed by atoms with Crippen LogP contribution >= 0.6 is 0 Å². The van der Waals surface area contributed by atoms with Crippen molar-refractivity contribution >= 4 is 11.2 Å². The monoisotopic (exact) mass is 219 g/mol. The van der Waals surface area contributed by atoms with E-state index in [-0.39, 0.29) is 23.4 Å². The topological polar surface area (TPSA) is 77.1 Å². The molecule has 0 bridgehead atoms. The second-order valence-electron chi connectivity index (χ2n) is 3.71. The molecule has 82 valence electrons. The number of rotatable bonds is 1. The second-order valence-corrected chi connectivity index (χ2v) is 3.71. The van der Waals surface area contributed by atoms with Crippen LogP contribution in [-0.4, -0.2) is 19.2 Å². The van der Waals surface area contributed by atoms with Crippen molar-refractivity contribution in [3.05, 3.63) is 38.5 Å². The standard InChI is InChI=1S/C10H9N3O3/c14-5-7-10(16)13-4-3-12-8(15)2-1-6(11-7)9(12)13/h1-2,14H,3-5H2. The van der Waals surface area contributed by atoms with Gasteiger partial charge in [0.05, 0.1) is 6.61 Å². The van der Waals surface area contributed by atoms with Crippen molar-refractivity contribution in [3.8, 4) is 0 Å². The minimum atomic E-state index is -0.381. The Morgan fingerprint density at radius 3 is 2.75 bits per heavy atom. The predicted octanol–water partition coefficient (Wildman–Crippen LogP) is -0.936. The number of hydrogen-bond donors (Lipinski definition) is 1. The largest absolute Gasteiger partial charge is 0.390 e. The van der Waals surface area contributed by atoms with Gasteiger partial charge in [0, 0.05) is 19.2 Å². The number of hydrogen-bond acceptors (Lipinski definition) is 4. The Bertz CT molecular complexity index is 699. The second kappa shape index (κ2) is 3.02. The van der Waals surface area contributed by atoms with E-state index in [1.165, 1.54) is 15.2 Å². The molecule has 3 rings (SSSR count). The van der Waals surface area contributed by atoms with E-state index in [0.717, 1.165) is 0 Å². The van der Waals surface area contributed by atoms with Crippen LogP contribution in [0.5, 0.6) is 0 Å². The first-order valence-corrected chi connectivity index (χ1v) is 4.96. The average molecular weight is 219 g/mol. The molecule has 0 aliphatic carbocycles. The van der Waals surface area contributed by atoms with Crippen molar-refractivity contribution in [2.45, 2.75) is 19.7 Å². The minimum absolute atomic E-state index is 0.125. The van der Waals surface area contributed by atoms with Crippen molar-refractivity contribution in [2.24, 2.45) is 0 Å². The molecule has 6 nitrogen and oxygen atoms in total. The molecular formula is C10H9N3O3. The van der Waals surface area contributed by atoms with Crippen molar-refractivity contribution in [1.82, 2.24) is 14.1 Å². The molecule has 0 atom stereocenters. The molecule has 0 aromatic carbocycles. The fourth-order valence-corrected chi connectivity index (χ4v) is 2.10. The number of aliphatic hydroxyl groups excluding tert-OH is 1. The first-order valence-electron chi connectivity index (χ1n) is 4.96. The molecular weight excluding hydrogens is 210 g/mol. The van der Waals surface area contributed by atoms with Crippen LogP contribution in [0.1, 0.15) is 5.69 Å². The minimum Gasteiger partial charge on any atom is -0.390 e.